The smallest absolute Gasteiger partial charge is 0.335 e. The molecule has 0 saturated carbocycles. The third-order valence-electron chi connectivity index (χ3n) is 16.0. The van der Waals surface area contributed by atoms with Crippen molar-refractivity contribution < 1.29 is 89.8 Å². The SMILES string of the molecule is CC[C@H](C)[C@@H]1NC(=O)CNC(=O)C2CC(=O)[C@H]([C@@H](C)[C@@H](O)CO)NC(=O)[C@@H]3CC(O)CN3C(=O)[C@H](CC(N)=O)CC(=O)C(C[S@@](=O)c3[nH]c4cc(OCCCCCCNC(=O)NCOc5ccc(-c6nnc(S(C)(=O)=O)o6)cc5)ccc4c3C2)NC(=O)CNC1=O. The third kappa shape index (κ3) is 19.1. The van der Waals surface area contributed by atoms with Crippen LogP contribution in [0.4, 0.5) is 4.79 Å². The number of nitrogens with two attached hydrogens (primary N) is 1. The second kappa shape index (κ2) is 32.1. The van der Waals surface area contributed by atoms with Crippen LogP contribution in [-0.2, 0) is 70.2 Å². The second-order valence-electron chi connectivity index (χ2n) is 22.9. The van der Waals surface area contributed by atoms with Gasteiger partial charge in [-0.05, 0) is 67.1 Å². The summed E-state index contributed by atoms with van der Waals surface area (Å²) >= 11 is 0. The molecule has 11 atom stereocenters. The van der Waals surface area contributed by atoms with Crippen LogP contribution in [0.25, 0.3) is 22.4 Å². The molecule has 3 aliphatic heterocycles. The number of rotatable bonds is 20. The van der Waals surface area contributed by atoms with E-state index < -0.39 is 203 Å². The van der Waals surface area contributed by atoms with Crippen LogP contribution in [0.15, 0.2) is 57.1 Å². The van der Waals surface area contributed by atoms with Crippen LogP contribution < -0.4 is 52.4 Å². The van der Waals surface area contributed by atoms with Crippen molar-refractivity contribution in [3.63, 3.8) is 0 Å². The number of benzene rings is 2. The monoisotopic (exact) mass is 1310 g/mol. The molecule has 496 valence electrons. The molecule has 5 heterocycles. The average Bonchev–Trinajstić information content (AvgIpc) is 1.74. The summed E-state index contributed by atoms with van der Waals surface area (Å²) in [6.45, 7) is 2.35. The molecular weight excluding hydrogens is 1230 g/mol. The van der Waals surface area contributed by atoms with Crippen LogP contribution in [0.3, 0.4) is 0 Å². The van der Waals surface area contributed by atoms with E-state index in [1.165, 1.54) is 6.92 Å². The van der Waals surface area contributed by atoms with Crippen molar-refractivity contribution in [2.45, 2.75) is 132 Å². The van der Waals surface area contributed by atoms with Crippen molar-refractivity contribution in [3.8, 4) is 23.0 Å². The Labute approximate surface area is 525 Å². The van der Waals surface area contributed by atoms with Crippen LogP contribution in [0.2, 0.25) is 0 Å². The second-order valence-corrected chi connectivity index (χ2v) is 26.2. The van der Waals surface area contributed by atoms with Crippen LogP contribution in [0.1, 0.15) is 84.1 Å². The largest absolute Gasteiger partial charge is 0.494 e. The van der Waals surface area contributed by atoms with Crippen molar-refractivity contribution in [3.05, 3.63) is 48.0 Å². The molecule has 0 spiro atoms. The number of carbonyl (C=O) groups is 10. The van der Waals surface area contributed by atoms with Crippen molar-refractivity contribution >= 4 is 90.5 Å². The molecule has 2 aromatic heterocycles. The molecule has 1 fully saturated rings. The molecule has 7 rings (SSSR count). The van der Waals surface area contributed by atoms with Crippen molar-refractivity contribution in [2.75, 3.05) is 58.1 Å². The molecule has 0 radical (unpaired) electrons. The summed E-state index contributed by atoms with van der Waals surface area (Å²) in [7, 11) is -6.03. The first kappa shape index (κ1) is 70.1. The average molecular weight is 1310 g/mol. The summed E-state index contributed by atoms with van der Waals surface area (Å²) in [4.78, 5) is 143. The Balaban J connectivity index is 1.11. The molecule has 91 heavy (non-hydrogen) atoms. The topological polar surface area (TPSA) is 469 Å². The molecule has 2 bridgehead atoms. The number of fused-ring (bicyclic) bond motifs is 5. The number of nitrogens with zero attached hydrogens (tertiary/aromatic N) is 3. The van der Waals surface area contributed by atoms with Gasteiger partial charge in [0, 0.05) is 73.9 Å². The number of ether oxygens (including phenoxy) is 2. The van der Waals surface area contributed by atoms with Crippen LogP contribution in [-0.4, -0.2) is 201 Å². The normalized spacial score (nSPS) is 23.7. The molecule has 3 unspecified atom stereocenters. The Morgan fingerprint density at radius 1 is 0.846 bits per heavy atom. The lowest BCUT2D eigenvalue weighted by molar-refractivity contribution is -0.145. The number of nitrogens with one attached hydrogen (secondary N) is 8. The Kier molecular flexibility index (Phi) is 24.7. The number of H-pyrrole nitrogens is 1. The van der Waals surface area contributed by atoms with E-state index in [-0.39, 0.29) is 36.2 Å². The molecule has 33 heteroatoms. The van der Waals surface area contributed by atoms with Gasteiger partial charge in [0.15, 0.2) is 18.3 Å². The van der Waals surface area contributed by atoms with Crippen LogP contribution in [0.5, 0.6) is 11.5 Å². The summed E-state index contributed by atoms with van der Waals surface area (Å²) in [6, 6.07) is 4.50. The maximum atomic E-state index is 15.1. The standard InChI is InChI=1S/C58H78N12O19S2/c1-5-30(2)49-53(81)62-24-47(77)64-41-28-90(84)55-39(38-15-14-37(23-40(38)65-55)87-17-9-7-6-8-16-60-57(83)63-29-88-36-12-10-32(11-13-36)54-68-69-58(89-54)91(4,85)86)18-33(51(79)61-25-48(78)66-49)19-44(74)50(31(3)45(75)27-71)67-52(80)42-22-35(72)26-70(42)56(82)34(20-43(41)73)21-46(59)76/h10-15,23,30-31,33-35,41-42,45,49-50,65,71-72,75H,5-9,16-22,24-29H2,1-4H3,(H2,59,76)(H,61,79)(H,62,81)(H,64,77)(H,66,78)(H,67,80)(H2,60,63,83)/t30-,31-,33?,34-,35?,41?,42-,45-,49-,50-,90+/m0/s1. The highest BCUT2D eigenvalue weighted by molar-refractivity contribution is 7.90. The molecular formula is C58H78N12O19S2. The number of aliphatic hydroxyl groups excluding tert-OH is 3. The van der Waals surface area contributed by atoms with E-state index in [2.05, 4.69) is 52.4 Å². The zero-order chi connectivity index (χ0) is 66.3. The fraction of sp³-hybridized carbons (Fsp3) is 0.552. The number of unbranched alkanes of at least 4 members (excludes halogenated alkanes) is 3. The first-order chi connectivity index (χ1) is 43.2. The van der Waals surface area contributed by atoms with Gasteiger partial charge in [0.2, 0.25) is 57.1 Å². The molecule has 0 aliphatic carbocycles. The lowest BCUT2D eigenvalue weighted by Crippen LogP contribution is -2.56. The summed E-state index contributed by atoms with van der Waals surface area (Å²) in [5, 5.41) is 56.9. The minimum absolute atomic E-state index is 0.00761. The number of hydrogen-bond donors (Lipinski definition) is 12. The zero-order valence-electron chi connectivity index (χ0n) is 50.7. The first-order valence-corrected chi connectivity index (χ1v) is 33.0. The van der Waals surface area contributed by atoms with Gasteiger partial charge in [-0.3, -0.25) is 47.4 Å². The summed E-state index contributed by atoms with van der Waals surface area (Å²) in [6.07, 6.45) is -2.16. The number of carbonyl (C=O) groups excluding carboxylic acids is 10. The van der Waals surface area contributed by atoms with E-state index in [1.54, 1.807) is 56.3 Å². The van der Waals surface area contributed by atoms with Gasteiger partial charge < -0.3 is 82.0 Å². The molecule has 1 saturated heterocycles. The van der Waals surface area contributed by atoms with E-state index in [0.717, 1.165) is 11.2 Å². The number of urea groups is 1. The van der Waals surface area contributed by atoms with E-state index in [4.69, 9.17) is 19.6 Å². The lowest BCUT2D eigenvalue weighted by Gasteiger charge is -2.32. The third-order valence-corrected chi connectivity index (χ3v) is 18.3. The molecule has 4 aromatic rings. The lowest BCUT2D eigenvalue weighted by atomic mass is 9.85. The Morgan fingerprint density at radius 3 is 2.22 bits per heavy atom. The van der Waals surface area contributed by atoms with E-state index in [9.17, 15) is 71.7 Å². The number of ketones is 2. The number of aliphatic hydroxyl groups is 3. The highest BCUT2D eigenvalue weighted by Crippen LogP contribution is 2.33. The minimum atomic E-state index is -3.67. The molecule has 31 nitrogen and oxygen atoms in total. The maximum absolute atomic E-state index is 15.1. The maximum Gasteiger partial charge on any atom is 0.335 e. The highest BCUT2D eigenvalue weighted by Gasteiger charge is 2.45. The van der Waals surface area contributed by atoms with Gasteiger partial charge in [-0.15, -0.1) is 5.10 Å². The van der Waals surface area contributed by atoms with Gasteiger partial charge >= 0.3 is 11.3 Å². The highest BCUT2D eigenvalue weighted by atomic mass is 32.2. The van der Waals surface area contributed by atoms with Gasteiger partial charge in [0.1, 0.15) is 28.6 Å². The van der Waals surface area contributed by atoms with Gasteiger partial charge in [0.05, 0.1) is 78.6 Å². The van der Waals surface area contributed by atoms with Crippen LogP contribution >= 0.6 is 0 Å². The first-order valence-electron chi connectivity index (χ1n) is 29.7. The molecule has 2 aromatic carbocycles. The number of amides is 9. The van der Waals surface area contributed by atoms with Crippen molar-refractivity contribution in [1.82, 2.24) is 57.3 Å². The number of sulfone groups is 1. The minimum Gasteiger partial charge on any atom is -0.494 e. The van der Waals surface area contributed by atoms with Crippen LogP contribution in [0, 0.1) is 23.7 Å². The Hall–Kier alpha value is -8.40. The van der Waals surface area contributed by atoms with Gasteiger partial charge in [0.25, 0.3) is 0 Å². The molecule has 9 amide bonds. The van der Waals surface area contributed by atoms with Gasteiger partial charge in [-0.25, -0.2) is 13.2 Å². The summed E-state index contributed by atoms with van der Waals surface area (Å²) < 4.78 is 55.4. The number of aromatic nitrogens is 3. The number of primary amides is 1. The number of Topliss-reactive ketones (excluding diaryl/α,β-unsaturated/α-hetero) is 2. The van der Waals surface area contributed by atoms with Gasteiger partial charge in [-0.2, -0.15) is 0 Å². The van der Waals surface area contributed by atoms with E-state index in [1.807, 2.05) is 0 Å². The summed E-state index contributed by atoms with van der Waals surface area (Å²) in [5.41, 5.74) is 6.56. The Bertz CT molecular complexity index is 3470. The summed E-state index contributed by atoms with van der Waals surface area (Å²) in [5.74, 6) is -13.2. The van der Waals surface area contributed by atoms with E-state index >= 15 is 4.21 Å². The molecule has 3 aliphatic rings. The predicted molar refractivity (Wildman–Crippen MR) is 322 cm³/mol. The fourth-order valence-electron chi connectivity index (χ4n) is 10.7. The Morgan fingerprint density at radius 2 is 1.54 bits per heavy atom. The van der Waals surface area contributed by atoms with Gasteiger partial charge in [-0.1, -0.05) is 45.1 Å². The van der Waals surface area contributed by atoms with Crippen molar-refractivity contribution in [1.29, 1.82) is 0 Å². The molecule has 13 N–H and O–H groups in total. The fourth-order valence-corrected chi connectivity index (χ4v) is 12.6. The number of aromatic amines is 1. The van der Waals surface area contributed by atoms with E-state index in [0.29, 0.717) is 66.6 Å². The number of hydrogen-bond acceptors (Lipinski definition) is 21. The predicted octanol–water partition coefficient (Wildman–Crippen LogP) is -1.72. The quantitative estimate of drug-likeness (QED) is 0.0346. The van der Waals surface area contributed by atoms with Crippen molar-refractivity contribution in [2.24, 2.45) is 29.4 Å². The zero-order valence-corrected chi connectivity index (χ0v) is 52.3.